The minimum absolute atomic E-state index is 0.159. The first kappa shape index (κ1) is 17.0. The van der Waals surface area contributed by atoms with E-state index in [4.69, 9.17) is 5.41 Å². The molecule has 0 bridgehead atoms. The van der Waals surface area contributed by atoms with Crippen LogP contribution in [0.1, 0.15) is 23.2 Å². The molecule has 0 spiro atoms. The summed E-state index contributed by atoms with van der Waals surface area (Å²) in [6.07, 6.45) is 1.29. The minimum Gasteiger partial charge on any atom is -0.435 e. The van der Waals surface area contributed by atoms with Crippen molar-refractivity contribution in [2.24, 2.45) is 0 Å². The van der Waals surface area contributed by atoms with E-state index in [-0.39, 0.29) is 17.9 Å². The van der Waals surface area contributed by atoms with Crippen LogP contribution in [0.15, 0.2) is 18.2 Å². The van der Waals surface area contributed by atoms with Gasteiger partial charge in [-0.25, -0.2) is 0 Å². The molecule has 1 aromatic rings. The summed E-state index contributed by atoms with van der Waals surface area (Å²) >= 11 is 0. The molecule has 0 aromatic heterocycles. The van der Waals surface area contributed by atoms with Crippen molar-refractivity contribution in [3.8, 4) is 11.5 Å². The van der Waals surface area contributed by atoms with Gasteiger partial charge in [-0.15, -0.1) is 0 Å². The van der Waals surface area contributed by atoms with Gasteiger partial charge in [0.1, 0.15) is 11.5 Å². The van der Waals surface area contributed by atoms with Crippen LogP contribution in [0, 0.1) is 5.41 Å². The third kappa shape index (κ3) is 4.57. The van der Waals surface area contributed by atoms with E-state index in [0.29, 0.717) is 18.8 Å². The molecule has 0 aliphatic carbocycles. The monoisotopic (exact) mass is 334 g/mol. The Hall–Kier alpha value is -2.32. The second-order valence-electron chi connectivity index (χ2n) is 4.81. The number of benzene rings is 1. The van der Waals surface area contributed by atoms with Crippen molar-refractivity contribution in [2.45, 2.75) is 26.1 Å². The number of hydrogen-bond donors (Lipinski definition) is 1. The number of carbonyl (C=O) groups excluding carboxylic acids is 1. The Morgan fingerprint density at radius 2 is 1.91 bits per heavy atom. The summed E-state index contributed by atoms with van der Waals surface area (Å²) < 4.78 is 57.6. The molecular formula is C14H14F4N2O3. The SMILES string of the molecule is N=C1CCCN1CC(=O)c1ccc(OC(F)F)cc1OC(F)F. The number of rotatable bonds is 7. The van der Waals surface area contributed by atoms with E-state index >= 15 is 0 Å². The number of ether oxygens (including phenoxy) is 2. The highest BCUT2D eigenvalue weighted by atomic mass is 19.3. The van der Waals surface area contributed by atoms with Crippen molar-refractivity contribution in [1.82, 2.24) is 4.90 Å². The Bertz CT molecular complexity index is 595. The van der Waals surface area contributed by atoms with Crippen LogP contribution in [-0.2, 0) is 0 Å². The Balaban J connectivity index is 2.21. The Morgan fingerprint density at radius 3 is 2.48 bits per heavy atom. The molecule has 126 valence electrons. The van der Waals surface area contributed by atoms with Crippen molar-refractivity contribution >= 4 is 11.6 Å². The molecule has 9 heteroatoms. The third-order valence-electron chi connectivity index (χ3n) is 3.25. The van der Waals surface area contributed by atoms with Gasteiger partial charge in [0.2, 0.25) is 0 Å². The van der Waals surface area contributed by atoms with Gasteiger partial charge in [0.15, 0.2) is 5.78 Å². The number of amidine groups is 1. The maximum absolute atomic E-state index is 12.5. The molecule has 0 saturated carbocycles. The van der Waals surface area contributed by atoms with E-state index in [1.54, 1.807) is 0 Å². The summed E-state index contributed by atoms with van der Waals surface area (Å²) in [4.78, 5) is 13.8. The molecule has 0 amide bonds. The lowest BCUT2D eigenvalue weighted by Crippen LogP contribution is -2.30. The summed E-state index contributed by atoms with van der Waals surface area (Å²) in [5.74, 6) is -1.17. The molecule has 0 atom stereocenters. The van der Waals surface area contributed by atoms with Crippen molar-refractivity contribution in [3.05, 3.63) is 23.8 Å². The Kier molecular flexibility index (Phi) is 5.41. The third-order valence-corrected chi connectivity index (χ3v) is 3.25. The van der Waals surface area contributed by atoms with Crippen LogP contribution >= 0.6 is 0 Å². The molecule has 5 nitrogen and oxygen atoms in total. The Labute approximate surface area is 129 Å². The van der Waals surface area contributed by atoms with E-state index < -0.39 is 24.8 Å². The van der Waals surface area contributed by atoms with E-state index in [1.165, 1.54) is 4.90 Å². The van der Waals surface area contributed by atoms with Crippen LogP contribution in [-0.4, -0.2) is 42.8 Å². The molecule has 23 heavy (non-hydrogen) atoms. The zero-order valence-electron chi connectivity index (χ0n) is 11.9. The summed E-state index contributed by atoms with van der Waals surface area (Å²) in [6, 6.07) is 2.99. The zero-order valence-corrected chi connectivity index (χ0v) is 11.9. The predicted molar refractivity (Wildman–Crippen MR) is 72.6 cm³/mol. The highest BCUT2D eigenvalue weighted by Crippen LogP contribution is 2.28. The quantitative estimate of drug-likeness (QED) is 0.615. The number of halogens is 4. The van der Waals surface area contributed by atoms with Crippen LogP contribution in [0.25, 0.3) is 0 Å². The van der Waals surface area contributed by atoms with Crippen molar-refractivity contribution < 1.29 is 31.8 Å². The van der Waals surface area contributed by atoms with Gasteiger partial charge in [0.25, 0.3) is 0 Å². The highest BCUT2D eigenvalue weighted by molar-refractivity contribution is 6.02. The lowest BCUT2D eigenvalue weighted by molar-refractivity contribution is -0.0544. The van der Waals surface area contributed by atoms with Gasteiger partial charge in [0.05, 0.1) is 17.9 Å². The lowest BCUT2D eigenvalue weighted by Gasteiger charge is -2.18. The average molecular weight is 334 g/mol. The van der Waals surface area contributed by atoms with Gasteiger partial charge in [-0.3, -0.25) is 10.2 Å². The average Bonchev–Trinajstić information content (AvgIpc) is 2.83. The molecule has 1 saturated heterocycles. The van der Waals surface area contributed by atoms with Crippen LogP contribution < -0.4 is 9.47 Å². The first-order valence-corrected chi connectivity index (χ1v) is 6.76. The second-order valence-corrected chi connectivity index (χ2v) is 4.81. The molecule has 0 unspecified atom stereocenters. The summed E-state index contributed by atoms with van der Waals surface area (Å²) in [6.45, 7) is -5.97. The molecule has 1 heterocycles. The molecule has 1 aliphatic rings. The molecule has 1 aliphatic heterocycles. The van der Waals surface area contributed by atoms with Crippen molar-refractivity contribution in [2.75, 3.05) is 13.1 Å². The number of alkyl halides is 4. The smallest absolute Gasteiger partial charge is 0.387 e. The Morgan fingerprint density at radius 1 is 1.22 bits per heavy atom. The van der Waals surface area contributed by atoms with Gasteiger partial charge in [-0.2, -0.15) is 17.6 Å². The van der Waals surface area contributed by atoms with E-state index in [9.17, 15) is 22.4 Å². The number of ketones is 1. The summed E-state index contributed by atoms with van der Waals surface area (Å²) in [5, 5.41) is 7.66. The van der Waals surface area contributed by atoms with Crippen molar-refractivity contribution in [3.63, 3.8) is 0 Å². The molecular weight excluding hydrogens is 320 g/mol. The maximum atomic E-state index is 12.5. The van der Waals surface area contributed by atoms with Crippen molar-refractivity contribution in [1.29, 1.82) is 5.41 Å². The topological polar surface area (TPSA) is 62.6 Å². The van der Waals surface area contributed by atoms with E-state index in [1.807, 2.05) is 0 Å². The first-order chi connectivity index (χ1) is 10.9. The number of likely N-dealkylation sites (tertiary alicyclic amines) is 1. The van der Waals surface area contributed by atoms with E-state index in [0.717, 1.165) is 24.6 Å². The number of carbonyl (C=O) groups is 1. The second kappa shape index (κ2) is 7.30. The molecule has 0 radical (unpaired) electrons. The summed E-state index contributed by atoms with van der Waals surface area (Å²) in [7, 11) is 0. The molecule has 1 fully saturated rings. The summed E-state index contributed by atoms with van der Waals surface area (Å²) in [5.41, 5.74) is -0.174. The first-order valence-electron chi connectivity index (χ1n) is 6.76. The number of Topliss-reactive ketones (excluding diaryl/α,β-unsaturated/α-hetero) is 1. The van der Waals surface area contributed by atoms with Gasteiger partial charge in [-0.1, -0.05) is 0 Å². The van der Waals surface area contributed by atoms with Crippen LogP contribution in [0.5, 0.6) is 11.5 Å². The van der Waals surface area contributed by atoms with Gasteiger partial charge in [-0.05, 0) is 18.6 Å². The lowest BCUT2D eigenvalue weighted by atomic mass is 10.1. The van der Waals surface area contributed by atoms with Gasteiger partial charge in [0, 0.05) is 19.0 Å². The fraction of sp³-hybridized carbons (Fsp3) is 0.429. The predicted octanol–water partition coefficient (Wildman–Crippen LogP) is 3.15. The number of nitrogens with one attached hydrogen (secondary N) is 1. The zero-order chi connectivity index (χ0) is 17.0. The van der Waals surface area contributed by atoms with Crippen LogP contribution in [0.3, 0.4) is 0 Å². The maximum Gasteiger partial charge on any atom is 0.387 e. The normalized spacial score (nSPS) is 14.7. The van der Waals surface area contributed by atoms with Gasteiger partial charge < -0.3 is 14.4 Å². The van der Waals surface area contributed by atoms with Crippen LogP contribution in [0.4, 0.5) is 17.6 Å². The van der Waals surface area contributed by atoms with E-state index in [2.05, 4.69) is 9.47 Å². The largest absolute Gasteiger partial charge is 0.435 e. The fourth-order valence-electron chi connectivity index (χ4n) is 2.27. The van der Waals surface area contributed by atoms with Gasteiger partial charge >= 0.3 is 13.2 Å². The molecule has 1 N–H and O–H groups in total. The standard InChI is InChI=1S/C14H14F4N2O3/c15-13(16)22-8-3-4-9(11(6-8)23-14(17)18)10(21)7-20-5-1-2-12(20)19/h3-4,6,13-14,19H,1-2,5,7H2. The minimum atomic E-state index is -3.21. The van der Waals surface area contributed by atoms with Crippen LogP contribution in [0.2, 0.25) is 0 Å². The number of hydrogen-bond acceptors (Lipinski definition) is 4. The molecule has 1 aromatic carbocycles. The number of nitrogens with zero attached hydrogens (tertiary/aromatic N) is 1. The molecule has 2 rings (SSSR count). The highest BCUT2D eigenvalue weighted by Gasteiger charge is 2.23. The fourth-order valence-corrected chi connectivity index (χ4v) is 2.27.